The lowest BCUT2D eigenvalue weighted by Gasteiger charge is -2.22. The Morgan fingerprint density at radius 2 is 2.04 bits per heavy atom. The number of benzene rings is 1. The van der Waals surface area contributed by atoms with Crippen LogP contribution in [0.2, 0.25) is 0 Å². The highest BCUT2D eigenvalue weighted by Crippen LogP contribution is 2.19. The summed E-state index contributed by atoms with van der Waals surface area (Å²) in [6.07, 6.45) is 0.991. The quantitative estimate of drug-likeness (QED) is 0.668. The first-order valence-corrected chi connectivity index (χ1v) is 9.89. The van der Waals surface area contributed by atoms with Crippen LogP contribution in [0.3, 0.4) is 0 Å². The van der Waals surface area contributed by atoms with Crippen molar-refractivity contribution in [1.29, 1.82) is 0 Å². The molecule has 0 atom stereocenters. The van der Waals surface area contributed by atoms with Crippen LogP contribution in [0.5, 0.6) is 5.75 Å². The van der Waals surface area contributed by atoms with E-state index in [2.05, 4.69) is 0 Å². The maximum atomic E-state index is 12.6. The maximum absolute atomic E-state index is 12.6. The summed E-state index contributed by atoms with van der Waals surface area (Å²) in [5.74, 6) is 0.141. The Labute approximate surface area is 145 Å². The van der Waals surface area contributed by atoms with Gasteiger partial charge in [0.2, 0.25) is 0 Å². The highest BCUT2D eigenvalue weighted by atomic mass is 32.2. The summed E-state index contributed by atoms with van der Waals surface area (Å²) in [6.45, 7) is 1.18. The van der Waals surface area contributed by atoms with E-state index >= 15 is 0 Å². The van der Waals surface area contributed by atoms with Crippen LogP contribution in [0.25, 0.3) is 0 Å². The minimum atomic E-state index is -3.59. The van der Waals surface area contributed by atoms with Gasteiger partial charge < -0.3 is 13.8 Å². The number of carbonyl (C=O) groups is 1. The van der Waals surface area contributed by atoms with Crippen LogP contribution in [0.15, 0.2) is 41.8 Å². The van der Waals surface area contributed by atoms with Gasteiger partial charge in [-0.2, -0.15) is 8.42 Å². The number of amides is 1. The van der Waals surface area contributed by atoms with Crippen LogP contribution in [0, 0.1) is 0 Å². The zero-order valence-corrected chi connectivity index (χ0v) is 15.1. The number of methoxy groups -OCH3 is 1. The Kier molecular flexibility index (Phi) is 6.36. The molecule has 0 aliphatic heterocycles. The summed E-state index contributed by atoms with van der Waals surface area (Å²) < 4.78 is 32.4. The van der Waals surface area contributed by atoms with E-state index in [0.29, 0.717) is 24.6 Å². The van der Waals surface area contributed by atoms with E-state index in [0.717, 1.165) is 11.8 Å². The van der Waals surface area contributed by atoms with Gasteiger partial charge in [0.25, 0.3) is 5.91 Å². The molecular weight excluding hydrogens is 350 g/mol. The van der Waals surface area contributed by atoms with Gasteiger partial charge in [0.15, 0.2) is 0 Å². The molecule has 1 heterocycles. The maximum Gasteiger partial charge on any atom is 0.306 e. The smallest absolute Gasteiger partial charge is 0.306 e. The van der Waals surface area contributed by atoms with Crippen LogP contribution in [0.1, 0.15) is 15.2 Å². The lowest BCUT2D eigenvalue weighted by molar-refractivity contribution is 0.0685. The van der Waals surface area contributed by atoms with Crippen molar-refractivity contribution < 1.29 is 22.1 Å². The van der Waals surface area contributed by atoms with Gasteiger partial charge in [-0.25, -0.2) is 0 Å². The van der Waals surface area contributed by atoms with Gasteiger partial charge in [-0.1, -0.05) is 18.2 Å². The standard InChI is InChI=1S/C16H19NO5S2/c1-21-9-8-17(16(18)15-7-4-10-23-15)12-13-5-3-6-14(11-13)22-24(2,19)20/h3-7,10-11H,8-9,12H2,1-2H3. The summed E-state index contributed by atoms with van der Waals surface area (Å²) >= 11 is 1.38. The molecule has 0 aliphatic rings. The topological polar surface area (TPSA) is 72.9 Å². The fourth-order valence-corrected chi connectivity index (χ4v) is 3.24. The zero-order chi connectivity index (χ0) is 17.6. The molecule has 8 heteroatoms. The first-order valence-electron chi connectivity index (χ1n) is 7.19. The largest absolute Gasteiger partial charge is 0.383 e. The highest BCUT2D eigenvalue weighted by Gasteiger charge is 2.17. The Morgan fingerprint density at radius 3 is 2.67 bits per heavy atom. The molecule has 1 aromatic carbocycles. The molecule has 0 saturated heterocycles. The van der Waals surface area contributed by atoms with Crippen molar-refractivity contribution in [3.05, 3.63) is 52.2 Å². The molecule has 0 fully saturated rings. The second-order valence-corrected chi connectivity index (χ2v) is 7.65. The molecule has 1 amide bonds. The number of rotatable bonds is 8. The van der Waals surface area contributed by atoms with Crippen LogP contribution in [0.4, 0.5) is 0 Å². The Morgan fingerprint density at radius 1 is 1.25 bits per heavy atom. The second-order valence-electron chi connectivity index (χ2n) is 5.13. The zero-order valence-electron chi connectivity index (χ0n) is 13.5. The molecule has 0 spiro atoms. The normalized spacial score (nSPS) is 11.2. The highest BCUT2D eigenvalue weighted by molar-refractivity contribution is 7.86. The SMILES string of the molecule is COCCN(Cc1cccc(OS(C)(=O)=O)c1)C(=O)c1cccs1. The van der Waals surface area contributed by atoms with E-state index in [1.165, 1.54) is 11.3 Å². The molecule has 1 aromatic heterocycles. The number of hydrogen-bond acceptors (Lipinski definition) is 6. The van der Waals surface area contributed by atoms with Crippen LogP contribution < -0.4 is 4.18 Å². The number of nitrogens with zero attached hydrogens (tertiary/aromatic N) is 1. The van der Waals surface area contributed by atoms with Gasteiger partial charge in [0, 0.05) is 20.2 Å². The summed E-state index contributed by atoms with van der Waals surface area (Å²) in [5.41, 5.74) is 0.775. The van der Waals surface area contributed by atoms with Crippen molar-refractivity contribution >= 4 is 27.4 Å². The number of thiophene rings is 1. The van der Waals surface area contributed by atoms with Crippen molar-refractivity contribution in [2.24, 2.45) is 0 Å². The fourth-order valence-electron chi connectivity index (χ4n) is 2.10. The average Bonchev–Trinajstić information content (AvgIpc) is 3.03. The average molecular weight is 369 g/mol. The van der Waals surface area contributed by atoms with Gasteiger partial charge in [0.1, 0.15) is 5.75 Å². The van der Waals surface area contributed by atoms with E-state index in [-0.39, 0.29) is 11.7 Å². The van der Waals surface area contributed by atoms with E-state index < -0.39 is 10.1 Å². The third kappa shape index (κ3) is 5.63. The van der Waals surface area contributed by atoms with Crippen LogP contribution in [-0.2, 0) is 21.4 Å². The lowest BCUT2D eigenvalue weighted by Crippen LogP contribution is -2.33. The third-order valence-corrected chi connectivity index (χ3v) is 4.46. The second kappa shape index (κ2) is 8.27. The first-order chi connectivity index (χ1) is 11.4. The number of ether oxygens (including phenoxy) is 1. The van der Waals surface area contributed by atoms with Gasteiger partial charge in [-0.05, 0) is 29.1 Å². The molecule has 6 nitrogen and oxygen atoms in total. The molecule has 0 radical (unpaired) electrons. The minimum Gasteiger partial charge on any atom is -0.383 e. The molecule has 2 rings (SSSR count). The molecule has 24 heavy (non-hydrogen) atoms. The molecule has 0 aliphatic carbocycles. The summed E-state index contributed by atoms with van der Waals surface area (Å²) in [4.78, 5) is 14.9. The molecule has 130 valence electrons. The fraction of sp³-hybridized carbons (Fsp3) is 0.312. The summed E-state index contributed by atoms with van der Waals surface area (Å²) in [6, 6.07) is 10.3. The van der Waals surface area contributed by atoms with E-state index in [1.807, 2.05) is 17.5 Å². The number of carbonyl (C=O) groups excluding carboxylic acids is 1. The van der Waals surface area contributed by atoms with Gasteiger partial charge >= 0.3 is 10.1 Å². The number of hydrogen-bond donors (Lipinski definition) is 0. The third-order valence-electron chi connectivity index (χ3n) is 3.10. The molecule has 0 bridgehead atoms. The van der Waals surface area contributed by atoms with Gasteiger partial charge in [-0.3, -0.25) is 4.79 Å². The summed E-state index contributed by atoms with van der Waals surface area (Å²) in [7, 11) is -2.01. The van der Waals surface area contributed by atoms with E-state index in [9.17, 15) is 13.2 Å². The molecular formula is C16H19NO5S2. The lowest BCUT2D eigenvalue weighted by atomic mass is 10.2. The minimum absolute atomic E-state index is 0.0866. The Bertz CT molecular complexity index is 772. The van der Waals surface area contributed by atoms with Crippen LogP contribution in [-0.4, -0.2) is 45.7 Å². The van der Waals surface area contributed by atoms with Gasteiger partial charge in [-0.15, -0.1) is 11.3 Å². The van der Waals surface area contributed by atoms with E-state index in [4.69, 9.17) is 8.92 Å². The monoisotopic (exact) mass is 369 g/mol. The summed E-state index contributed by atoms with van der Waals surface area (Å²) in [5, 5.41) is 1.85. The van der Waals surface area contributed by atoms with E-state index in [1.54, 1.807) is 36.3 Å². The Balaban J connectivity index is 2.17. The van der Waals surface area contributed by atoms with Crippen molar-refractivity contribution in [3.8, 4) is 5.75 Å². The van der Waals surface area contributed by atoms with Crippen molar-refractivity contribution in [2.45, 2.75) is 6.54 Å². The first kappa shape index (κ1) is 18.4. The predicted octanol–water partition coefficient (Wildman–Crippen LogP) is 2.38. The molecule has 0 unspecified atom stereocenters. The van der Waals surface area contributed by atoms with Crippen molar-refractivity contribution in [2.75, 3.05) is 26.5 Å². The predicted molar refractivity (Wildman–Crippen MR) is 92.8 cm³/mol. The van der Waals surface area contributed by atoms with Crippen molar-refractivity contribution in [1.82, 2.24) is 4.90 Å². The molecule has 2 aromatic rings. The molecule has 0 N–H and O–H groups in total. The molecule has 0 saturated carbocycles. The van der Waals surface area contributed by atoms with Gasteiger partial charge in [0.05, 0.1) is 17.7 Å². The van der Waals surface area contributed by atoms with Crippen LogP contribution >= 0.6 is 11.3 Å². The Hall–Kier alpha value is -1.90. The van der Waals surface area contributed by atoms with Crippen molar-refractivity contribution in [3.63, 3.8) is 0 Å².